The van der Waals surface area contributed by atoms with Gasteiger partial charge in [-0.25, -0.2) is 0 Å². The zero-order valence-corrected chi connectivity index (χ0v) is 14.3. The second-order valence-electron chi connectivity index (χ2n) is 5.41. The minimum atomic E-state index is -4.34. The molecule has 1 N–H and O–H groups in total. The first kappa shape index (κ1) is 17.8. The molecule has 0 fully saturated rings. The average Bonchev–Trinajstić information content (AvgIpc) is 2.80. The standard InChI is InChI=1S/C16H18BrF3N2O/c1-2-3-4-7-21-15(23)13-9-22(10-16(18,19)20)14-8-11(17)5-6-12(13)14/h5-6,8-9H,2-4,7,10H2,1H3,(H,21,23). The highest BCUT2D eigenvalue weighted by atomic mass is 79.9. The topological polar surface area (TPSA) is 34.0 Å². The molecule has 0 saturated heterocycles. The Kier molecular flexibility index (Phi) is 5.73. The summed E-state index contributed by atoms with van der Waals surface area (Å²) >= 11 is 3.26. The van der Waals surface area contributed by atoms with Crippen LogP contribution in [0.1, 0.15) is 36.5 Å². The number of carbonyl (C=O) groups excluding carboxylic acids is 1. The maximum atomic E-state index is 12.7. The number of carbonyl (C=O) groups is 1. The lowest BCUT2D eigenvalue weighted by Crippen LogP contribution is -2.24. The van der Waals surface area contributed by atoms with Crippen LogP contribution in [0.25, 0.3) is 10.9 Å². The van der Waals surface area contributed by atoms with Gasteiger partial charge < -0.3 is 9.88 Å². The summed E-state index contributed by atoms with van der Waals surface area (Å²) in [7, 11) is 0. The van der Waals surface area contributed by atoms with E-state index < -0.39 is 12.7 Å². The van der Waals surface area contributed by atoms with Gasteiger partial charge >= 0.3 is 6.18 Å². The minimum Gasteiger partial charge on any atom is -0.352 e. The third kappa shape index (κ3) is 4.73. The highest BCUT2D eigenvalue weighted by molar-refractivity contribution is 9.10. The molecule has 0 bridgehead atoms. The Balaban J connectivity index is 2.31. The summed E-state index contributed by atoms with van der Waals surface area (Å²) in [6.45, 7) is 1.46. The van der Waals surface area contributed by atoms with E-state index in [9.17, 15) is 18.0 Å². The van der Waals surface area contributed by atoms with E-state index in [2.05, 4.69) is 28.2 Å². The summed E-state index contributed by atoms with van der Waals surface area (Å²) in [5.74, 6) is -0.339. The minimum absolute atomic E-state index is 0.272. The maximum Gasteiger partial charge on any atom is 0.406 e. The summed E-state index contributed by atoms with van der Waals surface area (Å²) in [6.07, 6.45) is -0.171. The van der Waals surface area contributed by atoms with E-state index in [1.165, 1.54) is 6.20 Å². The van der Waals surface area contributed by atoms with Gasteiger partial charge in [0, 0.05) is 22.6 Å². The SMILES string of the molecule is CCCCCNC(=O)c1cn(CC(F)(F)F)c2cc(Br)ccc12. The predicted octanol–water partition coefficient (Wildman–Crippen LogP) is 4.89. The van der Waals surface area contributed by atoms with Crippen LogP contribution in [0.2, 0.25) is 0 Å². The van der Waals surface area contributed by atoms with Crippen LogP contribution in [0, 0.1) is 0 Å². The normalized spacial score (nSPS) is 11.9. The number of amides is 1. The van der Waals surface area contributed by atoms with E-state index in [-0.39, 0.29) is 11.5 Å². The largest absolute Gasteiger partial charge is 0.406 e. The molecule has 0 radical (unpaired) electrons. The maximum absolute atomic E-state index is 12.7. The van der Waals surface area contributed by atoms with Crippen LogP contribution < -0.4 is 5.32 Å². The predicted molar refractivity (Wildman–Crippen MR) is 87.6 cm³/mol. The molecule has 0 spiro atoms. The number of aromatic nitrogens is 1. The van der Waals surface area contributed by atoms with Crippen molar-refractivity contribution in [3.8, 4) is 0 Å². The summed E-state index contributed by atoms with van der Waals surface area (Å²) in [6, 6.07) is 4.97. The van der Waals surface area contributed by atoms with Crippen LogP contribution in [0.3, 0.4) is 0 Å². The number of nitrogens with zero attached hydrogens (tertiary/aromatic N) is 1. The van der Waals surface area contributed by atoms with Crippen molar-refractivity contribution in [2.75, 3.05) is 6.54 Å². The van der Waals surface area contributed by atoms with Crippen LogP contribution in [0.4, 0.5) is 13.2 Å². The number of fused-ring (bicyclic) bond motifs is 1. The molecule has 2 rings (SSSR count). The second-order valence-corrected chi connectivity index (χ2v) is 6.33. The Labute approximate surface area is 141 Å². The fourth-order valence-electron chi connectivity index (χ4n) is 2.44. The molecule has 1 aromatic heterocycles. The van der Waals surface area contributed by atoms with Gasteiger partial charge in [0.25, 0.3) is 5.91 Å². The van der Waals surface area contributed by atoms with Crippen LogP contribution in [0.5, 0.6) is 0 Å². The Morgan fingerprint density at radius 1 is 1.30 bits per heavy atom. The van der Waals surface area contributed by atoms with Crippen molar-refractivity contribution in [2.24, 2.45) is 0 Å². The first-order valence-electron chi connectivity index (χ1n) is 7.45. The van der Waals surface area contributed by atoms with E-state index >= 15 is 0 Å². The van der Waals surface area contributed by atoms with Crippen LogP contribution >= 0.6 is 15.9 Å². The van der Waals surface area contributed by atoms with Crippen molar-refractivity contribution in [3.05, 3.63) is 34.4 Å². The number of hydrogen-bond acceptors (Lipinski definition) is 1. The highest BCUT2D eigenvalue weighted by Gasteiger charge is 2.29. The highest BCUT2D eigenvalue weighted by Crippen LogP contribution is 2.28. The van der Waals surface area contributed by atoms with Crippen molar-refractivity contribution >= 4 is 32.7 Å². The van der Waals surface area contributed by atoms with Gasteiger partial charge in [-0.2, -0.15) is 13.2 Å². The molecule has 0 saturated carbocycles. The van der Waals surface area contributed by atoms with E-state index in [0.29, 0.717) is 21.9 Å². The second kappa shape index (κ2) is 7.38. The van der Waals surface area contributed by atoms with Gasteiger partial charge in [0.2, 0.25) is 0 Å². The average molecular weight is 391 g/mol. The van der Waals surface area contributed by atoms with E-state index in [1.54, 1.807) is 18.2 Å². The zero-order valence-electron chi connectivity index (χ0n) is 12.7. The lowest BCUT2D eigenvalue weighted by atomic mass is 10.1. The Morgan fingerprint density at radius 2 is 2.04 bits per heavy atom. The van der Waals surface area contributed by atoms with E-state index in [0.717, 1.165) is 23.8 Å². The Bertz CT molecular complexity index is 694. The number of benzene rings is 1. The van der Waals surface area contributed by atoms with Crippen molar-refractivity contribution in [1.82, 2.24) is 9.88 Å². The van der Waals surface area contributed by atoms with Crippen molar-refractivity contribution in [2.45, 2.75) is 38.9 Å². The molecule has 1 heterocycles. The molecule has 0 aliphatic rings. The van der Waals surface area contributed by atoms with Gasteiger partial charge in [-0.1, -0.05) is 41.8 Å². The van der Waals surface area contributed by atoms with Crippen molar-refractivity contribution in [3.63, 3.8) is 0 Å². The number of unbranched alkanes of at least 4 members (excludes halogenated alkanes) is 2. The number of hydrogen-bond donors (Lipinski definition) is 1. The number of nitrogens with one attached hydrogen (secondary N) is 1. The summed E-state index contributed by atoms with van der Waals surface area (Å²) < 4.78 is 39.9. The van der Waals surface area contributed by atoms with Crippen molar-refractivity contribution < 1.29 is 18.0 Å². The van der Waals surface area contributed by atoms with Gasteiger partial charge in [-0.15, -0.1) is 0 Å². The van der Waals surface area contributed by atoms with Gasteiger partial charge in [0.15, 0.2) is 0 Å². The van der Waals surface area contributed by atoms with Gasteiger partial charge in [0.1, 0.15) is 6.54 Å². The number of alkyl halides is 3. The fourth-order valence-corrected chi connectivity index (χ4v) is 2.79. The van der Waals surface area contributed by atoms with E-state index in [1.807, 2.05) is 0 Å². The summed E-state index contributed by atoms with van der Waals surface area (Å²) in [5.41, 5.74) is 0.656. The molecule has 0 atom stereocenters. The molecule has 126 valence electrons. The molecule has 2 aromatic rings. The quantitative estimate of drug-likeness (QED) is 0.700. The lowest BCUT2D eigenvalue weighted by molar-refractivity contribution is -0.139. The number of rotatable bonds is 6. The van der Waals surface area contributed by atoms with Crippen molar-refractivity contribution in [1.29, 1.82) is 0 Å². The molecular formula is C16H18BrF3N2O. The molecule has 0 unspecified atom stereocenters. The first-order valence-corrected chi connectivity index (χ1v) is 8.24. The summed E-state index contributed by atoms with van der Waals surface area (Å²) in [5, 5.41) is 3.29. The van der Waals surface area contributed by atoms with Gasteiger partial charge in [-0.3, -0.25) is 4.79 Å². The monoisotopic (exact) mass is 390 g/mol. The third-order valence-corrected chi connectivity index (χ3v) is 4.00. The first-order chi connectivity index (χ1) is 10.8. The van der Waals surface area contributed by atoms with Crippen LogP contribution in [-0.4, -0.2) is 23.2 Å². The molecule has 1 aromatic carbocycles. The molecule has 23 heavy (non-hydrogen) atoms. The molecule has 1 amide bonds. The summed E-state index contributed by atoms with van der Waals surface area (Å²) in [4.78, 5) is 12.3. The van der Waals surface area contributed by atoms with Gasteiger partial charge in [0.05, 0.1) is 11.1 Å². The Morgan fingerprint density at radius 3 is 2.70 bits per heavy atom. The molecule has 0 aliphatic heterocycles. The van der Waals surface area contributed by atoms with E-state index in [4.69, 9.17) is 0 Å². The zero-order chi connectivity index (χ0) is 17.0. The molecular weight excluding hydrogens is 373 g/mol. The third-order valence-electron chi connectivity index (χ3n) is 3.50. The molecule has 7 heteroatoms. The molecule has 3 nitrogen and oxygen atoms in total. The smallest absolute Gasteiger partial charge is 0.352 e. The number of halogens is 4. The fraction of sp³-hybridized carbons (Fsp3) is 0.438. The Hall–Kier alpha value is -1.50. The molecule has 0 aliphatic carbocycles. The van der Waals surface area contributed by atoms with Gasteiger partial charge in [-0.05, 0) is 18.6 Å². The van der Waals surface area contributed by atoms with Crippen LogP contribution in [0.15, 0.2) is 28.9 Å². The van der Waals surface area contributed by atoms with Crippen LogP contribution in [-0.2, 0) is 6.54 Å². The lowest BCUT2D eigenvalue weighted by Gasteiger charge is -2.08.